The number of hydrogen-bond donors (Lipinski definition) is 0. The SMILES string of the molecule is O=C1OCc2c(Cl)c3c(c(Cl)c21)COC3=O. The van der Waals surface area contributed by atoms with Crippen LogP contribution in [0.3, 0.4) is 0 Å². The van der Waals surface area contributed by atoms with Gasteiger partial charge in [0.15, 0.2) is 0 Å². The summed E-state index contributed by atoms with van der Waals surface area (Å²) in [7, 11) is 0. The van der Waals surface area contributed by atoms with E-state index in [-0.39, 0.29) is 34.4 Å². The van der Waals surface area contributed by atoms with Gasteiger partial charge >= 0.3 is 11.9 Å². The summed E-state index contributed by atoms with van der Waals surface area (Å²) in [6.07, 6.45) is 0. The van der Waals surface area contributed by atoms with E-state index >= 15 is 0 Å². The molecular formula is C10H4Cl2O4. The van der Waals surface area contributed by atoms with E-state index in [1.54, 1.807) is 0 Å². The van der Waals surface area contributed by atoms with Gasteiger partial charge in [0, 0.05) is 11.1 Å². The Balaban J connectivity index is 2.41. The van der Waals surface area contributed by atoms with Gasteiger partial charge in [0.2, 0.25) is 0 Å². The summed E-state index contributed by atoms with van der Waals surface area (Å²) in [6, 6.07) is 0. The van der Waals surface area contributed by atoms with Crippen molar-refractivity contribution in [1.82, 2.24) is 0 Å². The number of benzene rings is 1. The van der Waals surface area contributed by atoms with Gasteiger partial charge in [-0.25, -0.2) is 9.59 Å². The first-order valence-corrected chi connectivity index (χ1v) is 5.23. The second-order valence-electron chi connectivity index (χ2n) is 3.49. The van der Waals surface area contributed by atoms with Crippen LogP contribution in [0, 0.1) is 0 Å². The molecule has 0 bridgehead atoms. The molecular weight excluding hydrogens is 255 g/mol. The number of carbonyl (C=O) groups is 2. The number of rotatable bonds is 0. The van der Waals surface area contributed by atoms with Crippen molar-refractivity contribution in [1.29, 1.82) is 0 Å². The average molecular weight is 259 g/mol. The van der Waals surface area contributed by atoms with Crippen molar-refractivity contribution in [3.05, 3.63) is 32.3 Å². The van der Waals surface area contributed by atoms with Gasteiger partial charge < -0.3 is 9.47 Å². The first-order valence-electron chi connectivity index (χ1n) is 4.48. The zero-order chi connectivity index (χ0) is 11.4. The number of halogens is 2. The van der Waals surface area contributed by atoms with Crippen LogP contribution in [0.25, 0.3) is 0 Å². The monoisotopic (exact) mass is 258 g/mol. The highest BCUT2D eigenvalue weighted by atomic mass is 35.5. The summed E-state index contributed by atoms with van der Waals surface area (Å²) in [6.45, 7) is 0.0978. The van der Waals surface area contributed by atoms with Crippen molar-refractivity contribution < 1.29 is 19.1 Å². The molecule has 0 amide bonds. The lowest BCUT2D eigenvalue weighted by atomic mass is 10.0. The smallest absolute Gasteiger partial charge is 0.340 e. The van der Waals surface area contributed by atoms with E-state index in [1.807, 2.05) is 0 Å². The molecule has 0 unspecified atom stereocenters. The van der Waals surface area contributed by atoms with Gasteiger partial charge in [0.1, 0.15) is 13.2 Å². The highest BCUT2D eigenvalue weighted by Crippen LogP contribution is 2.41. The number of hydrogen-bond acceptors (Lipinski definition) is 4. The molecule has 16 heavy (non-hydrogen) atoms. The molecule has 0 radical (unpaired) electrons. The quantitative estimate of drug-likeness (QED) is 0.671. The molecule has 4 nitrogen and oxygen atoms in total. The van der Waals surface area contributed by atoms with Gasteiger partial charge in [0.25, 0.3) is 0 Å². The average Bonchev–Trinajstić information content (AvgIpc) is 2.80. The number of ether oxygens (including phenoxy) is 2. The van der Waals surface area contributed by atoms with E-state index in [2.05, 4.69) is 0 Å². The standard InChI is InChI=1S/C10H4Cl2O4/c11-7-3-1-15-9(13)5(3)8(12)4-2-16-10(14)6(4)7/h1-2H2. The fourth-order valence-electron chi connectivity index (χ4n) is 1.90. The lowest BCUT2D eigenvalue weighted by Gasteiger charge is -2.05. The van der Waals surface area contributed by atoms with Gasteiger partial charge in [0.05, 0.1) is 21.2 Å². The fourth-order valence-corrected chi connectivity index (χ4v) is 2.58. The molecule has 0 fully saturated rings. The molecule has 2 heterocycles. The zero-order valence-corrected chi connectivity index (χ0v) is 9.31. The van der Waals surface area contributed by atoms with Crippen LogP contribution in [0.15, 0.2) is 0 Å². The predicted octanol–water partition coefficient (Wildman–Crippen LogP) is 2.33. The molecule has 0 aliphatic carbocycles. The molecule has 0 N–H and O–H groups in total. The van der Waals surface area contributed by atoms with Crippen LogP contribution in [0.4, 0.5) is 0 Å². The molecule has 2 aliphatic heterocycles. The maximum atomic E-state index is 11.4. The number of fused-ring (bicyclic) bond motifs is 2. The minimum Gasteiger partial charge on any atom is -0.457 e. The lowest BCUT2D eigenvalue weighted by Crippen LogP contribution is -2.01. The van der Waals surface area contributed by atoms with Crippen LogP contribution < -0.4 is 0 Å². The van der Waals surface area contributed by atoms with E-state index in [4.69, 9.17) is 32.7 Å². The van der Waals surface area contributed by atoms with Crippen LogP contribution in [0.5, 0.6) is 0 Å². The second-order valence-corrected chi connectivity index (χ2v) is 4.24. The minimum atomic E-state index is -0.510. The van der Waals surface area contributed by atoms with Gasteiger partial charge in [-0.1, -0.05) is 23.2 Å². The topological polar surface area (TPSA) is 52.6 Å². The Bertz CT molecular complexity index is 501. The van der Waals surface area contributed by atoms with E-state index in [0.29, 0.717) is 11.1 Å². The third kappa shape index (κ3) is 1.06. The Morgan fingerprint density at radius 1 is 0.812 bits per heavy atom. The lowest BCUT2D eigenvalue weighted by molar-refractivity contribution is 0.0534. The molecule has 3 rings (SSSR count). The van der Waals surface area contributed by atoms with E-state index in [0.717, 1.165) is 0 Å². The van der Waals surface area contributed by atoms with Crippen LogP contribution >= 0.6 is 23.2 Å². The molecule has 0 saturated heterocycles. The van der Waals surface area contributed by atoms with E-state index < -0.39 is 11.9 Å². The fraction of sp³-hybridized carbons (Fsp3) is 0.200. The van der Waals surface area contributed by atoms with Crippen LogP contribution in [-0.2, 0) is 22.7 Å². The van der Waals surface area contributed by atoms with Gasteiger partial charge in [-0.3, -0.25) is 0 Å². The van der Waals surface area contributed by atoms with Crippen molar-refractivity contribution in [3.8, 4) is 0 Å². The highest BCUT2D eigenvalue weighted by Gasteiger charge is 2.37. The Labute approximate surface area is 100 Å². The second kappa shape index (κ2) is 3.12. The molecule has 1 aromatic rings. The summed E-state index contributed by atoms with van der Waals surface area (Å²) in [5.41, 5.74) is 1.44. The minimum absolute atomic E-state index is 0.0489. The summed E-state index contributed by atoms with van der Waals surface area (Å²) in [5.74, 6) is -1.02. The Morgan fingerprint density at radius 2 is 1.19 bits per heavy atom. The highest BCUT2D eigenvalue weighted by molar-refractivity contribution is 6.39. The van der Waals surface area contributed by atoms with Gasteiger partial charge in [-0.15, -0.1) is 0 Å². The molecule has 2 aliphatic rings. The van der Waals surface area contributed by atoms with Crippen molar-refractivity contribution in [2.75, 3.05) is 0 Å². The Morgan fingerprint density at radius 3 is 1.56 bits per heavy atom. The molecule has 0 saturated carbocycles. The molecule has 0 aromatic heterocycles. The Hall–Kier alpha value is -1.26. The van der Waals surface area contributed by atoms with Crippen molar-refractivity contribution in [2.24, 2.45) is 0 Å². The molecule has 82 valence electrons. The van der Waals surface area contributed by atoms with E-state index in [9.17, 15) is 9.59 Å². The predicted molar refractivity (Wildman–Crippen MR) is 54.7 cm³/mol. The van der Waals surface area contributed by atoms with Crippen LogP contribution in [0.1, 0.15) is 31.8 Å². The third-order valence-electron chi connectivity index (χ3n) is 2.68. The molecule has 1 aromatic carbocycles. The number of esters is 2. The first-order chi connectivity index (χ1) is 7.61. The summed E-state index contributed by atoms with van der Waals surface area (Å²) in [4.78, 5) is 22.9. The van der Waals surface area contributed by atoms with Gasteiger partial charge in [-0.2, -0.15) is 0 Å². The van der Waals surface area contributed by atoms with Crippen molar-refractivity contribution in [3.63, 3.8) is 0 Å². The molecule has 0 spiro atoms. The van der Waals surface area contributed by atoms with Crippen molar-refractivity contribution in [2.45, 2.75) is 13.2 Å². The maximum absolute atomic E-state index is 11.4. The maximum Gasteiger partial charge on any atom is 0.340 e. The molecule has 0 atom stereocenters. The van der Waals surface area contributed by atoms with Gasteiger partial charge in [-0.05, 0) is 0 Å². The number of cyclic esters (lactones) is 2. The molecule has 6 heteroatoms. The largest absolute Gasteiger partial charge is 0.457 e. The third-order valence-corrected chi connectivity index (χ3v) is 3.51. The normalized spacial score (nSPS) is 16.9. The van der Waals surface area contributed by atoms with Crippen LogP contribution in [-0.4, -0.2) is 11.9 Å². The van der Waals surface area contributed by atoms with Crippen molar-refractivity contribution >= 4 is 35.1 Å². The Kier molecular flexibility index (Phi) is 1.94. The zero-order valence-electron chi connectivity index (χ0n) is 7.80. The number of carbonyl (C=O) groups excluding carboxylic acids is 2. The van der Waals surface area contributed by atoms with E-state index in [1.165, 1.54) is 0 Å². The summed E-state index contributed by atoms with van der Waals surface area (Å²) >= 11 is 12.1. The van der Waals surface area contributed by atoms with Crippen LogP contribution in [0.2, 0.25) is 10.0 Å². The summed E-state index contributed by atoms with van der Waals surface area (Å²) in [5, 5.41) is 0.422. The summed E-state index contributed by atoms with van der Waals surface area (Å²) < 4.78 is 9.68. The first kappa shape index (κ1) is 9.93.